The molecule has 1 atom stereocenters. The van der Waals surface area contributed by atoms with E-state index in [4.69, 9.17) is 47.0 Å². The van der Waals surface area contributed by atoms with Crippen molar-refractivity contribution in [2.45, 2.75) is 52.6 Å². The molecule has 0 amide bonds. The van der Waals surface area contributed by atoms with Gasteiger partial charge in [-0.1, -0.05) is 149 Å². The van der Waals surface area contributed by atoms with E-state index in [1.807, 2.05) is 78.9 Å². The second kappa shape index (κ2) is 25.9. The number of rotatable bonds is 13. The molecular weight excluding hydrogens is 971 g/mol. The van der Waals surface area contributed by atoms with Crippen molar-refractivity contribution in [2.75, 3.05) is 21.3 Å². The molecule has 348 valence electrons. The molecule has 0 aliphatic carbocycles. The third-order valence-corrected chi connectivity index (χ3v) is 13.2. The summed E-state index contributed by atoms with van der Waals surface area (Å²) in [5.74, 6) is 0.0638. The average molecular weight is 1020 g/mol. The quantitative estimate of drug-likeness (QED) is 0.0415. The minimum absolute atomic E-state index is 0.0947. The number of phenolic OH excluding ortho intramolecular Hbond substituents is 3. The number of benzene rings is 8. The first-order valence-electron chi connectivity index (χ1n) is 21.2. The Hall–Kier alpha value is -6.02. The summed E-state index contributed by atoms with van der Waals surface area (Å²) in [6, 6.07) is 58.4. The zero-order chi connectivity index (χ0) is 48.4. The maximum atomic E-state index is 9.79. The molecule has 0 bridgehead atoms. The highest BCUT2D eigenvalue weighted by atomic mass is 35.5. The Balaban J connectivity index is 0.000000168. The second-order valence-electron chi connectivity index (χ2n) is 15.1. The number of aliphatic hydroxyl groups is 1. The Bertz CT molecular complexity index is 2900. The maximum Gasteiger partial charge on any atom is 0.175 e. The molecule has 1 unspecified atom stereocenters. The van der Waals surface area contributed by atoms with E-state index >= 15 is 0 Å². The molecule has 0 aliphatic heterocycles. The molecule has 0 saturated carbocycles. The first-order valence-corrected chi connectivity index (χ1v) is 24.4. The number of nitrogens with one attached hydrogen (secondary N) is 4. The molecule has 8 nitrogen and oxygen atoms in total. The summed E-state index contributed by atoms with van der Waals surface area (Å²) in [5.41, 5.74) is 7.24. The summed E-state index contributed by atoms with van der Waals surface area (Å²) in [6.45, 7) is 5.03. The molecule has 0 saturated heterocycles. The number of aromatic hydroxyl groups is 3. The van der Waals surface area contributed by atoms with Gasteiger partial charge in [0.15, 0.2) is 5.11 Å². The van der Waals surface area contributed by atoms with Gasteiger partial charge in [-0.2, -0.15) is 0 Å². The van der Waals surface area contributed by atoms with E-state index in [2.05, 4.69) is 94.9 Å². The van der Waals surface area contributed by atoms with Gasteiger partial charge >= 0.3 is 0 Å². The van der Waals surface area contributed by atoms with Gasteiger partial charge in [0.1, 0.15) is 17.2 Å². The highest BCUT2D eigenvalue weighted by Gasteiger charge is 2.14. The van der Waals surface area contributed by atoms with Gasteiger partial charge in [0.2, 0.25) is 0 Å². The number of para-hydroxylation sites is 1. The number of phenols is 3. The maximum absolute atomic E-state index is 9.79. The van der Waals surface area contributed by atoms with Gasteiger partial charge in [-0.05, 0) is 134 Å². The van der Waals surface area contributed by atoms with E-state index in [0.29, 0.717) is 39.5 Å². The van der Waals surface area contributed by atoms with Crippen LogP contribution in [0.15, 0.2) is 202 Å². The van der Waals surface area contributed by atoms with Gasteiger partial charge in [0.05, 0.1) is 21.2 Å². The van der Waals surface area contributed by atoms with Gasteiger partial charge in [-0.3, -0.25) is 0 Å². The van der Waals surface area contributed by atoms with Crippen molar-refractivity contribution >= 4 is 98.4 Å². The topological polar surface area (TPSA) is 129 Å². The molecule has 8 aromatic carbocycles. The van der Waals surface area contributed by atoms with Crippen LogP contribution in [-0.4, -0.2) is 25.5 Å². The SMILES string of the molecule is CC(O)c1cc(NC(=S)Nc2ccccc2)cc(Cl)c1O.Cc1ccc(Sc2ccccc2CNc2ccc(O)c(Cl)c2)cc1.Oc1ccc(NCc2ccccc2Sc2ccccc2)cc1Cl. The molecule has 8 N–H and O–H groups in total. The summed E-state index contributed by atoms with van der Waals surface area (Å²) in [7, 11) is 0. The van der Waals surface area contributed by atoms with Gasteiger partial charge in [0.25, 0.3) is 0 Å². The van der Waals surface area contributed by atoms with Crippen molar-refractivity contribution < 1.29 is 20.4 Å². The van der Waals surface area contributed by atoms with Gasteiger partial charge in [0, 0.05) is 61.0 Å². The standard InChI is InChI=1S/C20H18ClNOS.C19H16ClNOS.C15H15ClN2O2S/c1-14-6-9-17(10-7-14)24-20-5-3-2-4-15(20)13-22-16-8-11-19(23)18(21)12-16;20-17-12-15(10-11-18(17)22)21-13-14-6-4-5-9-19(14)23-16-7-2-1-3-8-16;1-9(19)12-7-11(8-13(16)14(12)20)18-15(21)17-10-5-3-2-4-6-10/h2-12,22-23H,13H2,1H3;1-12,21-22H,13H2;2-9,19-20H,1H3,(H2,17,18,21). The van der Waals surface area contributed by atoms with Crippen LogP contribution in [0.4, 0.5) is 22.7 Å². The first-order chi connectivity index (χ1) is 32.8. The highest BCUT2D eigenvalue weighted by molar-refractivity contribution is 7.99. The van der Waals surface area contributed by atoms with Crippen LogP contribution in [-0.2, 0) is 13.1 Å². The molecule has 14 heteroatoms. The van der Waals surface area contributed by atoms with Crippen LogP contribution in [0.2, 0.25) is 15.1 Å². The Morgan fingerprint density at radius 2 is 0.956 bits per heavy atom. The summed E-state index contributed by atoms with van der Waals surface area (Å²) in [5, 5.41) is 52.3. The van der Waals surface area contributed by atoms with Crippen LogP contribution < -0.4 is 21.3 Å². The lowest BCUT2D eigenvalue weighted by atomic mass is 10.1. The van der Waals surface area contributed by atoms with Crippen molar-refractivity contribution in [2.24, 2.45) is 0 Å². The predicted molar refractivity (Wildman–Crippen MR) is 290 cm³/mol. The van der Waals surface area contributed by atoms with E-state index in [-0.39, 0.29) is 22.3 Å². The predicted octanol–water partition coefficient (Wildman–Crippen LogP) is 15.8. The molecule has 8 aromatic rings. The Morgan fingerprint density at radius 3 is 1.46 bits per heavy atom. The zero-order valence-corrected chi connectivity index (χ0v) is 41.7. The highest BCUT2D eigenvalue weighted by Crippen LogP contribution is 2.36. The lowest BCUT2D eigenvalue weighted by Gasteiger charge is -2.14. The fourth-order valence-electron chi connectivity index (χ4n) is 6.30. The molecule has 0 aromatic heterocycles. The van der Waals surface area contributed by atoms with Crippen LogP contribution >= 0.6 is 70.5 Å². The van der Waals surface area contributed by atoms with Crippen LogP contribution in [0.5, 0.6) is 17.2 Å². The van der Waals surface area contributed by atoms with Crippen LogP contribution in [0.25, 0.3) is 0 Å². The number of hydrogen-bond donors (Lipinski definition) is 8. The number of hydrogen-bond acceptors (Lipinski definition) is 9. The third kappa shape index (κ3) is 16.1. The van der Waals surface area contributed by atoms with E-state index in [1.54, 1.807) is 66.8 Å². The molecule has 8 rings (SSSR count). The van der Waals surface area contributed by atoms with Gasteiger partial charge in [-0.15, -0.1) is 0 Å². The third-order valence-electron chi connectivity index (χ3n) is 9.86. The monoisotopic (exact) mass is 1020 g/mol. The van der Waals surface area contributed by atoms with E-state index in [0.717, 1.165) is 17.1 Å². The van der Waals surface area contributed by atoms with Crippen LogP contribution in [0, 0.1) is 6.92 Å². The molecule has 0 radical (unpaired) electrons. The lowest BCUT2D eigenvalue weighted by Crippen LogP contribution is -2.19. The number of aliphatic hydroxyl groups excluding tert-OH is 1. The van der Waals surface area contributed by atoms with Crippen molar-refractivity contribution in [3.05, 3.63) is 219 Å². The number of thiocarbonyl (C=S) groups is 1. The molecule has 68 heavy (non-hydrogen) atoms. The Labute approximate surface area is 426 Å². The summed E-state index contributed by atoms with van der Waals surface area (Å²) in [6.07, 6.45) is -0.833. The minimum atomic E-state index is -0.833. The average Bonchev–Trinajstić information content (AvgIpc) is 3.33. The largest absolute Gasteiger partial charge is 0.506 e. The van der Waals surface area contributed by atoms with Gasteiger partial charge in [-0.25, -0.2) is 0 Å². The zero-order valence-electron chi connectivity index (χ0n) is 37.0. The van der Waals surface area contributed by atoms with E-state index in [9.17, 15) is 20.4 Å². The summed E-state index contributed by atoms with van der Waals surface area (Å²) in [4.78, 5) is 4.88. The molecule has 0 spiro atoms. The Kier molecular flexibility index (Phi) is 19.6. The van der Waals surface area contributed by atoms with Crippen molar-refractivity contribution in [3.8, 4) is 17.2 Å². The summed E-state index contributed by atoms with van der Waals surface area (Å²) >= 11 is 26.6. The molecule has 0 fully saturated rings. The fourth-order valence-corrected chi connectivity index (χ4v) is 9.03. The first kappa shape index (κ1) is 51.4. The lowest BCUT2D eigenvalue weighted by molar-refractivity contribution is 0.195. The van der Waals surface area contributed by atoms with Gasteiger partial charge < -0.3 is 41.7 Å². The number of anilines is 4. The normalized spacial score (nSPS) is 10.9. The van der Waals surface area contributed by atoms with Crippen molar-refractivity contribution in [1.29, 1.82) is 0 Å². The van der Waals surface area contributed by atoms with Crippen LogP contribution in [0.1, 0.15) is 35.3 Å². The van der Waals surface area contributed by atoms with E-state index in [1.165, 1.54) is 36.3 Å². The second-order valence-corrected chi connectivity index (χ2v) is 19.0. The number of halogens is 3. The van der Waals surface area contributed by atoms with Crippen molar-refractivity contribution in [3.63, 3.8) is 0 Å². The van der Waals surface area contributed by atoms with Crippen LogP contribution in [0.3, 0.4) is 0 Å². The van der Waals surface area contributed by atoms with E-state index < -0.39 is 6.10 Å². The molecule has 0 aliphatic rings. The Morgan fingerprint density at radius 1 is 0.515 bits per heavy atom. The molecular formula is C54H49Cl3N4O4S3. The number of aryl methyl sites for hydroxylation is 1. The smallest absolute Gasteiger partial charge is 0.175 e. The minimum Gasteiger partial charge on any atom is -0.506 e. The fraction of sp³-hybridized carbons (Fsp3) is 0.0926. The summed E-state index contributed by atoms with van der Waals surface area (Å²) < 4.78 is 0. The molecule has 0 heterocycles. The van der Waals surface area contributed by atoms with Crippen molar-refractivity contribution in [1.82, 2.24) is 0 Å².